The van der Waals surface area contributed by atoms with E-state index in [2.05, 4.69) is 0 Å². The number of ether oxygens (including phenoxy) is 1. The summed E-state index contributed by atoms with van der Waals surface area (Å²) in [6.45, 7) is 0. The summed E-state index contributed by atoms with van der Waals surface area (Å²) in [7, 11) is 0. The molecule has 114 valence electrons. The highest BCUT2D eigenvalue weighted by Gasteiger charge is 2.16. The first-order chi connectivity index (χ1) is 11.1. The van der Waals surface area contributed by atoms with Gasteiger partial charge in [-0.15, -0.1) is 0 Å². The molecule has 5 heteroatoms. The van der Waals surface area contributed by atoms with Crippen molar-refractivity contribution in [2.45, 2.75) is 0 Å². The highest BCUT2D eigenvalue weighted by molar-refractivity contribution is 6.02. The summed E-state index contributed by atoms with van der Waals surface area (Å²) in [5.41, 5.74) is 6.12. The van der Waals surface area contributed by atoms with Gasteiger partial charge in [-0.25, -0.2) is 4.79 Å². The first-order valence-corrected chi connectivity index (χ1v) is 6.88. The molecule has 0 unspecified atom stereocenters. The maximum Gasteiger partial charge on any atom is 0.347 e. The predicted octanol–water partition coefficient (Wildman–Crippen LogP) is 3.16. The van der Waals surface area contributed by atoms with Crippen LogP contribution in [-0.4, -0.2) is 17.4 Å². The number of carbonyl (C=O) groups is 2. The van der Waals surface area contributed by atoms with Crippen LogP contribution in [-0.2, 0) is 0 Å². The highest BCUT2D eigenvalue weighted by Crippen LogP contribution is 2.28. The lowest BCUT2D eigenvalue weighted by Crippen LogP contribution is -2.10. The Labute approximate surface area is 131 Å². The van der Waals surface area contributed by atoms with E-state index in [1.165, 1.54) is 18.2 Å². The second-order valence-corrected chi connectivity index (χ2v) is 4.98. The van der Waals surface area contributed by atoms with Gasteiger partial charge in [0.05, 0.1) is 5.56 Å². The van der Waals surface area contributed by atoms with Crippen molar-refractivity contribution in [3.63, 3.8) is 0 Å². The third-order valence-corrected chi connectivity index (χ3v) is 3.49. The average molecular weight is 307 g/mol. The molecule has 0 aliphatic heterocycles. The number of fused-ring (bicyclic) bond motifs is 1. The molecule has 0 bridgehead atoms. The van der Waals surface area contributed by atoms with E-state index in [0.717, 1.165) is 5.39 Å². The van der Waals surface area contributed by atoms with Crippen LogP contribution in [0.1, 0.15) is 20.7 Å². The fourth-order valence-corrected chi connectivity index (χ4v) is 2.36. The fourth-order valence-electron chi connectivity index (χ4n) is 2.36. The van der Waals surface area contributed by atoms with Gasteiger partial charge in [0.2, 0.25) is 0 Å². The number of phenols is 1. The van der Waals surface area contributed by atoms with Crippen LogP contribution in [0.5, 0.6) is 11.5 Å². The normalized spacial score (nSPS) is 10.4. The zero-order valence-corrected chi connectivity index (χ0v) is 12.0. The van der Waals surface area contributed by atoms with E-state index in [0.29, 0.717) is 17.4 Å². The molecule has 0 amide bonds. The summed E-state index contributed by atoms with van der Waals surface area (Å²) in [6.07, 6.45) is 0.647. The SMILES string of the molecule is Nc1ccc(C(=O)Oc2ccc3ccccc3c2C=O)c(O)c1. The Morgan fingerprint density at radius 1 is 1.09 bits per heavy atom. The van der Waals surface area contributed by atoms with Crippen LogP contribution in [0.3, 0.4) is 0 Å². The van der Waals surface area contributed by atoms with Crippen molar-refractivity contribution in [3.05, 3.63) is 65.7 Å². The second-order valence-electron chi connectivity index (χ2n) is 4.98. The van der Waals surface area contributed by atoms with E-state index in [-0.39, 0.29) is 22.6 Å². The van der Waals surface area contributed by atoms with Gasteiger partial charge in [0.15, 0.2) is 6.29 Å². The number of esters is 1. The van der Waals surface area contributed by atoms with Gasteiger partial charge in [0.25, 0.3) is 0 Å². The van der Waals surface area contributed by atoms with Crippen molar-refractivity contribution in [2.75, 3.05) is 5.73 Å². The lowest BCUT2D eigenvalue weighted by molar-refractivity contribution is 0.0731. The molecule has 0 radical (unpaired) electrons. The fraction of sp³-hybridized carbons (Fsp3) is 0. The van der Waals surface area contributed by atoms with E-state index in [9.17, 15) is 14.7 Å². The van der Waals surface area contributed by atoms with Crippen molar-refractivity contribution in [1.82, 2.24) is 0 Å². The van der Waals surface area contributed by atoms with Crippen LogP contribution in [0, 0.1) is 0 Å². The lowest BCUT2D eigenvalue weighted by atomic mass is 10.0. The van der Waals surface area contributed by atoms with Crippen LogP contribution in [0.2, 0.25) is 0 Å². The van der Waals surface area contributed by atoms with E-state index >= 15 is 0 Å². The summed E-state index contributed by atoms with van der Waals surface area (Å²) < 4.78 is 5.28. The van der Waals surface area contributed by atoms with Gasteiger partial charge in [-0.05, 0) is 29.0 Å². The molecule has 3 aromatic carbocycles. The van der Waals surface area contributed by atoms with E-state index in [4.69, 9.17) is 10.5 Å². The number of phenolic OH excluding ortho intramolecular Hbond substituents is 1. The molecule has 0 spiro atoms. The van der Waals surface area contributed by atoms with Gasteiger partial charge in [0, 0.05) is 11.8 Å². The number of carbonyl (C=O) groups excluding carboxylic acids is 2. The first kappa shape index (κ1) is 14.6. The minimum absolute atomic E-state index is 0.0239. The summed E-state index contributed by atoms with van der Waals surface area (Å²) in [5.74, 6) is -0.899. The maximum atomic E-state index is 12.2. The highest BCUT2D eigenvalue weighted by atomic mass is 16.5. The van der Waals surface area contributed by atoms with Gasteiger partial charge in [-0.2, -0.15) is 0 Å². The number of benzene rings is 3. The Morgan fingerprint density at radius 3 is 2.61 bits per heavy atom. The number of hydrogen-bond donors (Lipinski definition) is 2. The number of nitrogens with two attached hydrogens (primary N) is 1. The zero-order valence-electron chi connectivity index (χ0n) is 12.0. The molecule has 0 aliphatic rings. The van der Waals surface area contributed by atoms with Crippen molar-refractivity contribution >= 4 is 28.7 Å². The molecule has 3 aromatic rings. The monoisotopic (exact) mass is 307 g/mol. The molecule has 0 aliphatic carbocycles. The molecule has 0 aromatic heterocycles. The molecule has 3 rings (SSSR count). The molecule has 3 N–H and O–H groups in total. The largest absolute Gasteiger partial charge is 0.507 e. The Morgan fingerprint density at radius 2 is 1.87 bits per heavy atom. The minimum Gasteiger partial charge on any atom is -0.507 e. The van der Waals surface area contributed by atoms with E-state index in [1.807, 2.05) is 12.1 Å². The third-order valence-electron chi connectivity index (χ3n) is 3.49. The topological polar surface area (TPSA) is 89.6 Å². The number of nitrogen functional groups attached to an aromatic ring is 1. The van der Waals surface area contributed by atoms with Crippen molar-refractivity contribution < 1.29 is 19.4 Å². The van der Waals surface area contributed by atoms with Crippen LogP contribution < -0.4 is 10.5 Å². The van der Waals surface area contributed by atoms with Crippen LogP contribution in [0.4, 0.5) is 5.69 Å². The van der Waals surface area contributed by atoms with Crippen LogP contribution >= 0.6 is 0 Å². The second kappa shape index (κ2) is 5.81. The zero-order chi connectivity index (χ0) is 16.4. The number of aromatic hydroxyl groups is 1. The average Bonchev–Trinajstić information content (AvgIpc) is 2.54. The first-order valence-electron chi connectivity index (χ1n) is 6.88. The summed E-state index contributed by atoms with van der Waals surface area (Å²) in [4.78, 5) is 23.6. The van der Waals surface area contributed by atoms with Gasteiger partial charge < -0.3 is 15.6 Å². The summed E-state index contributed by atoms with van der Waals surface area (Å²) in [6, 6.07) is 14.7. The summed E-state index contributed by atoms with van der Waals surface area (Å²) >= 11 is 0. The molecular weight excluding hydrogens is 294 g/mol. The van der Waals surface area contributed by atoms with Crippen molar-refractivity contribution in [1.29, 1.82) is 0 Å². The molecule has 0 saturated carbocycles. The lowest BCUT2D eigenvalue weighted by Gasteiger charge is -2.10. The maximum absolute atomic E-state index is 12.2. The predicted molar refractivity (Wildman–Crippen MR) is 86.8 cm³/mol. The smallest absolute Gasteiger partial charge is 0.347 e. The molecule has 0 fully saturated rings. The molecule has 0 heterocycles. The van der Waals surface area contributed by atoms with Gasteiger partial charge in [-0.1, -0.05) is 30.3 Å². The Hall–Kier alpha value is -3.34. The third kappa shape index (κ3) is 2.72. The van der Waals surface area contributed by atoms with Gasteiger partial charge in [-0.3, -0.25) is 4.79 Å². The Kier molecular flexibility index (Phi) is 3.68. The molecule has 0 saturated heterocycles. The van der Waals surface area contributed by atoms with Crippen LogP contribution in [0.15, 0.2) is 54.6 Å². The standard InChI is InChI=1S/C18H13NO4/c19-12-6-7-14(16(21)9-12)18(22)23-17-8-5-11-3-1-2-4-13(11)15(17)10-20/h1-10,21H,19H2. The minimum atomic E-state index is -0.763. The number of rotatable bonds is 3. The van der Waals surface area contributed by atoms with E-state index < -0.39 is 5.97 Å². The van der Waals surface area contributed by atoms with Crippen molar-refractivity contribution in [2.24, 2.45) is 0 Å². The van der Waals surface area contributed by atoms with E-state index in [1.54, 1.807) is 24.3 Å². The van der Waals surface area contributed by atoms with Gasteiger partial charge >= 0.3 is 5.97 Å². The molecular formula is C18H13NO4. The number of anilines is 1. The quantitative estimate of drug-likeness (QED) is 0.336. The van der Waals surface area contributed by atoms with Crippen LogP contribution in [0.25, 0.3) is 10.8 Å². The Bertz CT molecular complexity index is 918. The van der Waals surface area contributed by atoms with Gasteiger partial charge in [0.1, 0.15) is 17.1 Å². The molecule has 5 nitrogen and oxygen atoms in total. The summed E-state index contributed by atoms with van der Waals surface area (Å²) in [5, 5.41) is 11.3. The number of hydrogen-bond acceptors (Lipinski definition) is 5. The molecule has 0 atom stereocenters. The molecule has 23 heavy (non-hydrogen) atoms. The Balaban J connectivity index is 2.01. The number of aldehydes is 1. The van der Waals surface area contributed by atoms with Crippen molar-refractivity contribution in [3.8, 4) is 11.5 Å².